The van der Waals surface area contributed by atoms with Crippen LogP contribution >= 0.6 is 12.4 Å². The molecule has 0 saturated carbocycles. The summed E-state index contributed by atoms with van der Waals surface area (Å²) < 4.78 is 19.1. The minimum atomic E-state index is -0.151. The molecule has 1 heterocycles. The first-order valence-electron chi connectivity index (χ1n) is 4.86. The van der Waals surface area contributed by atoms with E-state index < -0.39 is 0 Å². The Bertz CT molecular complexity index is 332. The highest BCUT2D eigenvalue weighted by molar-refractivity contribution is 5.85. The minimum Gasteiger partial charge on any atom is -0.372 e. The molecular weight excluding hydrogens is 217 g/mol. The van der Waals surface area contributed by atoms with Crippen LogP contribution in [0, 0.1) is 5.82 Å². The topological polar surface area (TPSA) is 21.3 Å². The smallest absolute Gasteiger partial charge is 0.129 e. The highest BCUT2D eigenvalue weighted by Gasteiger charge is 2.23. The molecule has 1 aliphatic rings. The molecule has 2 rings (SSSR count). The van der Waals surface area contributed by atoms with Crippen LogP contribution in [0.5, 0.6) is 0 Å². The van der Waals surface area contributed by atoms with Crippen molar-refractivity contribution < 1.29 is 9.13 Å². The number of halogens is 2. The summed E-state index contributed by atoms with van der Waals surface area (Å²) in [4.78, 5) is 0. The summed E-state index contributed by atoms with van der Waals surface area (Å²) >= 11 is 0. The number of hydrogen-bond donors (Lipinski definition) is 1. The van der Waals surface area contributed by atoms with Crippen molar-refractivity contribution in [1.29, 1.82) is 0 Å². The molecule has 1 aliphatic heterocycles. The maximum atomic E-state index is 13.5. The molecule has 1 N–H and O–H groups in total. The number of ether oxygens (including phenoxy) is 1. The number of benzene rings is 1. The lowest BCUT2D eigenvalue weighted by molar-refractivity contribution is 0.0410. The van der Waals surface area contributed by atoms with Crippen molar-refractivity contribution in [3.63, 3.8) is 0 Å². The second kappa shape index (κ2) is 5.45. The molecular formula is C11H15ClFNO. The summed E-state index contributed by atoms with van der Waals surface area (Å²) in [6.45, 7) is 1.34. The third kappa shape index (κ3) is 2.48. The fraction of sp³-hybridized carbons (Fsp3) is 0.455. The average Bonchev–Trinajstić information content (AvgIpc) is 2.19. The predicted molar refractivity (Wildman–Crippen MR) is 60.0 cm³/mol. The monoisotopic (exact) mass is 231 g/mol. The second-order valence-electron chi connectivity index (χ2n) is 3.48. The van der Waals surface area contributed by atoms with Gasteiger partial charge in [-0.15, -0.1) is 12.4 Å². The van der Waals surface area contributed by atoms with E-state index in [1.165, 1.54) is 6.07 Å². The van der Waals surface area contributed by atoms with Gasteiger partial charge in [0.1, 0.15) is 5.82 Å². The van der Waals surface area contributed by atoms with Gasteiger partial charge in [0, 0.05) is 12.1 Å². The molecule has 0 radical (unpaired) electrons. The fourth-order valence-electron chi connectivity index (χ4n) is 1.90. The first kappa shape index (κ1) is 12.4. The van der Waals surface area contributed by atoms with Gasteiger partial charge in [-0.2, -0.15) is 0 Å². The molecule has 0 saturated heterocycles. The molecule has 84 valence electrons. The van der Waals surface area contributed by atoms with Crippen LogP contribution in [0.1, 0.15) is 17.2 Å². The Hall–Kier alpha value is -0.640. The second-order valence-corrected chi connectivity index (χ2v) is 3.48. The minimum absolute atomic E-state index is 0. The lowest BCUT2D eigenvalue weighted by Crippen LogP contribution is -2.26. The van der Waals surface area contributed by atoms with E-state index in [1.807, 2.05) is 13.1 Å². The van der Waals surface area contributed by atoms with Crippen LogP contribution in [0.2, 0.25) is 0 Å². The largest absolute Gasteiger partial charge is 0.372 e. The maximum absolute atomic E-state index is 13.5. The fourth-order valence-corrected chi connectivity index (χ4v) is 1.90. The van der Waals surface area contributed by atoms with Gasteiger partial charge in [0.05, 0.1) is 12.7 Å². The van der Waals surface area contributed by atoms with Crippen LogP contribution in [0.15, 0.2) is 18.2 Å². The van der Waals surface area contributed by atoms with Crippen LogP contribution in [0.4, 0.5) is 4.39 Å². The van der Waals surface area contributed by atoms with Crippen molar-refractivity contribution in [2.75, 3.05) is 20.2 Å². The molecule has 0 unspecified atom stereocenters. The third-order valence-corrected chi connectivity index (χ3v) is 2.55. The Kier molecular flexibility index (Phi) is 4.51. The Morgan fingerprint density at radius 1 is 1.53 bits per heavy atom. The summed E-state index contributed by atoms with van der Waals surface area (Å²) in [5.74, 6) is -0.151. The summed E-state index contributed by atoms with van der Waals surface area (Å²) in [6.07, 6.45) is 0.678. The van der Waals surface area contributed by atoms with Gasteiger partial charge in [-0.1, -0.05) is 12.1 Å². The lowest BCUT2D eigenvalue weighted by Gasteiger charge is -2.26. The van der Waals surface area contributed by atoms with Gasteiger partial charge in [0.15, 0.2) is 0 Å². The van der Waals surface area contributed by atoms with Gasteiger partial charge in [-0.05, 0) is 25.1 Å². The van der Waals surface area contributed by atoms with E-state index in [9.17, 15) is 4.39 Å². The van der Waals surface area contributed by atoms with Crippen LogP contribution in [0.25, 0.3) is 0 Å². The quantitative estimate of drug-likeness (QED) is 0.842. The molecule has 4 heteroatoms. The number of hydrogen-bond acceptors (Lipinski definition) is 2. The van der Waals surface area contributed by atoms with Gasteiger partial charge in [0.2, 0.25) is 0 Å². The van der Waals surface area contributed by atoms with Gasteiger partial charge in [-0.3, -0.25) is 0 Å². The summed E-state index contributed by atoms with van der Waals surface area (Å²) in [6, 6.07) is 5.23. The van der Waals surface area contributed by atoms with E-state index in [-0.39, 0.29) is 24.3 Å². The predicted octanol–water partition coefficient (Wildman–Crippen LogP) is 2.08. The summed E-state index contributed by atoms with van der Waals surface area (Å²) in [5, 5.41) is 3.01. The van der Waals surface area contributed by atoms with E-state index in [1.54, 1.807) is 6.07 Å². The molecule has 2 nitrogen and oxygen atoms in total. The van der Waals surface area contributed by atoms with E-state index in [0.717, 1.165) is 17.5 Å². The molecule has 0 fully saturated rings. The Morgan fingerprint density at radius 3 is 3.07 bits per heavy atom. The molecule has 1 atom stereocenters. The molecule has 15 heavy (non-hydrogen) atoms. The van der Waals surface area contributed by atoms with Crippen LogP contribution in [-0.2, 0) is 11.2 Å². The number of nitrogens with one attached hydrogen (secondary N) is 1. The molecule has 0 aromatic heterocycles. The normalized spacial score (nSPS) is 19.2. The van der Waals surface area contributed by atoms with E-state index in [4.69, 9.17) is 4.74 Å². The van der Waals surface area contributed by atoms with Crippen molar-refractivity contribution in [3.8, 4) is 0 Å². The van der Waals surface area contributed by atoms with E-state index in [0.29, 0.717) is 13.2 Å². The van der Waals surface area contributed by atoms with Gasteiger partial charge in [0.25, 0.3) is 0 Å². The summed E-state index contributed by atoms with van der Waals surface area (Å²) in [7, 11) is 1.85. The standard InChI is InChI=1S/C11H14FNO.ClH/c1-13-7-10-11-8(5-6-14-10)3-2-4-9(11)12;/h2-4,10,13H,5-7H2,1H3;1H/t10-;/m0./s1. The van der Waals surface area contributed by atoms with E-state index in [2.05, 4.69) is 5.32 Å². The Labute approximate surface area is 95.2 Å². The van der Waals surface area contributed by atoms with Crippen LogP contribution in [0.3, 0.4) is 0 Å². The first-order chi connectivity index (χ1) is 6.83. The van der Waals surface area contributed by atoms with Crippen molar-refractivity contribution in [2.45, 2.75) is 12.5 Å². The van der Waals surface area contributed by atoms with Gasteiger partial charge >= 0.3 is 0 Å². The highest BCUT2D eigenvalue weighted by Crippen LogP contribution is 2.28. The van der Waals surface area contributed by atoms with Crippen LogP contribution < -0.4 is 5.32 Å². The average molecular weight is 232 g/mol. The molecule has 0 aliphatic carbocycles. The zero-order valence-corrected chi connectivity index (χ0v) is 9.44. The Balaban J connectivity index is 0.00000112. The number of rotatable bonds is 2. The number of likely N-dealkylation sites (N-methyl/N-ethyl adjacent to an activating group) is 1. The van der Waals surface area contributed by atoms with E-state index >= 15 is 0 Å². The molecule has 0 bridgehead atoms. The molecule has 1 aromatic rings. The maximum Gasteiger partial charge on any atom is 0.129 e. The first-order valence-corrected chi connectivity index (χ1v) is 4.86. The van der Waals surface area contributed by atoms with Crippen LogP contribution in [-0.4, -0.2) is 20.2 Å². The molecule has 0 amide bonds. The van der Waals surface area contributed by atoms with Crippen molar-refractivity contribution in [1.82, 2.24) is 5.32 Å². The summed E-state index contributed by atoms with van der Waals surface area (Å²) in [5.41, 5.74) is 1.81. The van der Waals surface area contributed by atoms with Crippen molar-refractivity contribution in [3.05, 3.63) is 35.1 Å². The zero-order valence-electron chi connectivity index (χ0n) is 8.63. The highest BCUT2D eigenvalue weighted by atomic mass is 35.5. The third-order valence-electron chi connectivity index (χ3n) is 2.55. The lowest BCUT2D eigenvalue weighted by atomic mass is 9.97. The zero-order chi connectivity index (χ0) is 9.97. The Morgan fingerprint density at radius 2 is 2.33 bits per heavy atom. The van der Waals surface area contributed by atoms with Crippen molar-refractivity contribution in [2.24, 2.45) is 0 Å². The van der Waals surface area contributed by atoms with Gasteiger partial charge in [-0.25, -0.2) is 4.39 Å². The number of fused-ring (bicyclic) bond motifs is 1. The van der Waals surface area contributed by atoms with Crippen molar-refractivity contribution >= 4 is 12.4 Å². The molecule has 1 aromatic carbocycles. The molecule has 0 spiro atoms. The van der Waals surface area contributed by atoms with Gasteiger partial charge < -0.3 is 10.1 Å². The SMILES string of the molecule is CNC[C@@H]1OCCc2cccc(F)c21.Cl.